The van der Waals surface area contributed by atoms with E-state index in [1.807, 2.05) is 0 Å². The van der Waals surface area contributed by atoms with Gasteiger partial charge in [-0.15, -0.1) is 0 Å². The van der Waals surface area contributed by atoms with Crippen molar-refractivity contribution < 1.29 is 26.3 Å². The number of hydrogen-bond donors (Lipinski definition) is 2. The van der Waals surface area contributed by atoms with Crippen LogP contribution in [0.1, 0.15) is 25.0 Å². The Morgan fingerprint density at radius 1 is 1.12 bits per heavy atom. The van der Waals surface area contributed by atoms with Gasteiger partial charge in [-0.25, -0.2) is 18.4 Å². The molecule has 4 aromatic rings. The molecule has 8 nitrogen and oxygen atoms in total. The lowest BCUT2D eigenvalue weighted by Gasteiger charge is -2.23. The lowest BCUT2D eigenvalue weighted by atomic mass is 10.1. The van der Waals surface area contributed by atoms with E-state index < -0.39 is 34.0 Å². The minimum Gasteiger partial charge on any atom is -0.457 e. The van der Waals surface area contributed by atoms with Crippen molar-refractivity contribution in [2.75, 3.05) is 10.5 Å². The number of aromatic amines is 1. The van der Waals surface area contributed by atoms with Crippen LogP contribution in [-0.4, -0.2) is 40.5 Å². The zero-order chi connectivity index (χ0) is 22.9. The van der Waals surface area contributed by atoms with Crippen molar-refractivity contribution in [2.45, 2.75) is 25.6 Å². The fourth-order valence-electron chi connectivity index (χ4n) is 3.16. The molecule has 0 aliphatic carbocycles. The van der Waals surface area contributed by atoms with Crippen molar-refractivity contribution in [2.24, 2.45) is 0 Å². The summed E-state index contributed by atoms with van der Waals surface area (Å²) < 4.78 is 74.0. The average Bonchev–Trinajstić information content (AvgIpc) is 3.18. The van der Waals surface area contributed by atoms with E-state index in [-0.39, 0.29) is 16.8 Å². The van der Waals surface area contributed by atoms with Crippen LogP contribution in [0.4, 0.5) is 19.0 Å². The Labute approximate surface area is 180 Å². The minimum atomic E-state index is -4.82. The van der Waals surface area contributed by atoms with Crippen LogP contribution in [-0.2, 0) is 10.0 Å². The summed E-state index contributed by atoms with van der Waals surface area (Å²) in [6.45, 7) is 1.66. The van der Waals surface area contributed by atoms with E-state index in [1.54, 1.807) is 31.2 Å². The van der Waals surface area contributed by atoms with Gasteiger partial charge >= 0.3 is 6.18 Å². The quantitative estimate of drug-likeness (QED) is 0.420. The molecule has 2 heterocycles. The number of nitrogens with zero attached hydrogens (tertiary/aromatic N) is 3. The van der Waals surface area contributed by atoms with Gasteiger partial charge in [0.05, 0.1) is 28.5 Å². The van der Waals surface area contributed by atoms with Gasteiger partial charge in [-0.05, 0) is 30.7 Å². The molecular weight excluding hydrogens is 447 g/mol. The summed E-state index contributed by atoms with van der Waals surface area (Å²) in [6, 6.07) is 10.4. The maximum atomic E-state index is 14.0. The SMILES string of the molecule is CCCS(=O)(=O)Nc1nc2ccccc2nc1OC(c1ccc2[nH]ncc2c1)C(F)(F)F. The molecule has 0 aliphatic heterocycles. The van der Waals surface area contributed by atoms with Gasteiger partial charge in [0.1, 0.15) is 0 Å². The highest BCUT2D eigenvalue weighted by Crippen LogP contribution is 2.39. The van der Waals surface area contributed by atoms with Gasteiger partial charge in [0.15, 0.2) is 0 Å². The number of rotatable bonds is 7. The van der Waals surface area contributed by atoms with Gasteiger partial charge in [-0.2, -0.15) is 18.3 Å². The van der Waals surface area contributed by atoms with Crippen LogP contribution in [0.3, 0.4) is 0 Å². The predicted octanol–water partition coefficient (Wildman–Crippen LogP) is 4.34. The monoisotopic (exact) mass is 465 g/mol. The third-order valence-electron chi connectivity index (χ3n) is 4.56. The van der Waals surface area contributed by atoms with Crippen molar-refractivity contribution in [1.82, 2.24) is 20.2 Å². The van der Waals surface area contributed by atoms with Crippen LogP contribution < -0.4 is 9.46 Å². The second kappa shape index (κ2) is 8.26. The van der Waals surface area contributed by atoms with Crippen LogP contribution in [0, 0.1) is 0 Å². The van der Waals surface area contributed by atoms with E-state index in [1.165, 1.54) is 24.4 Å². The Bertz CT molecular complexity index is 1370. The molecule has 0 fully saturated rings. The van der Waals surface area contributed by atoms with Crippen molar-refractivity contribution in [3.63, 3.8) is 0 Å². The first-order valence-corrected chi connectivity index (χ1v) is 11.2. The van der Waals surface area contributed by atoms with E-state index in [9.17, 15) is 21.6 Å². The van der Waals surface area contributed by atoms with Crippen LogP contribution in [0.5, 0.6) is 5.88 Å². The highest BCUT2D eigenvalue weighted by atomic mass is 32.2. The number of halogens is 3. The summed E-state index contributed by atoms with van der Waals surface area (Å²) in [7, 11) is -3.86. The molecule has 0 bridgehead atoms. The third-order valence-corrected chi connectivity index (χ3v) is 6.01. The molecule has 2 N–H and O–H groups in total. The van der Waals surface area contributed by atoms with Gasteiger partial charge in [-0.1, -0.05) is 25.1 Å². The number of alkyl halides is 3. The normalized spacial score (nSPS) is 13.4. The summed E-state index contributed by atoms with van der Waals surface area (Å²) in [4.78, 5) is 8.27. The maximum absolute atomic E-state index is 14.0. The Morgan fingerprint density at radius 3 is 2.53 bits per heavy atom. The largest absolute Gasteiger partial charge is 0.457 e. The van der Waals surface area contributed by atoms with Crippen LogP contribution in [0.25, 0.3) is 21.9 Å². The molecule has 32 heavy (non-hydrogen) atoms. The zero-order valence-corrected chi connectivity index (χ0v) is 17.5. The third kappa shape index (κ3) is 4.59. The summed E-state index contributed by atoms with van der Waals surface area (Å²) >= 11 is 0. The van der Waals surface area contributed by atoms with Crippen molar-refractivity contribution in [3.8, 4) is 5.88 Å². The number of ether oxygens (including phenoxy) is 1. The standard InChI is InChI=1S/C20H18F3N5O3S/c1-2-9-32(29,30)28-18-19(26-16-6-4-3-5-15(16)25-18)31-17(20(21,22)23)12-7-8-14-13(10-12)11-24-27-14/h3-8,10-11,17H,2,9H2,1H3,(H,24,27)(H,25,28). The molecule has 0 spiro atoms. The molecule has 1 unspecified atom stereocenters. The average molecular weight is 465 g/mol. The van der Waals surface area contributed by atoms with Crippen molar-refractivity contribution in [3.05, 3.63) is 54.2 Å². The molecular formula is C20H18F3N5O3S. The Hall–Kier alpha value is -3.41. The first kappa shape index (κ1) is 21.8. The van der Waals surface area contributed by atoms with E-state index in [0.29, 0.717) is 22.8 Å². The highest BCUT2D eigenvalue weighted by molar-refractivity contribution is 7.92. The molecule has 0 saturated carbocycles. The Balaban J connectivity index is 1.81. The zero-order valence-electron chi connectivity index (χ0n) is 16.7. The van der Waals surface area contributed by atoms with E-state index in [2.05, 4.69) is 24.9 Å². The Morgan fingerprint density at radius 2 is 1.84 bits per heavy atom. The van der Waals surface area contributed by atoms with Crippen LogP contribution in [0.2, 0.25) is 0 Å². The van der Waals surface area contributed by atoms with Crippen molar-refractivity contribution in [1.29, 1.82) is 0 Å². The van der Waals surface area contributed by atoms with Crippen molar-refractivity contribution >= 4 is 37.8 Å². The van der Waals surface area contributed by atoms with Gasteiger partial charge in [0, 0.05) is 10.9 Å². The minimum absolute atomic E-state index is 0.191. The molecule has 0 saturated heterocycles. The molecule has 0 amide bonds. The number of para-hydroxylation sites is 2. The fourth-order valence-corrected chi connectivity index (χ4v) is 4.23. The maximum Gasteiger partial charge on any atom is 0.429 e. The fraction of sp³-hybridized carbons (Fsp3) is 0.250. The van der Waals surface area contributed by atoms with E-state index >= 15 is 0 Å². The molecule has 12 heteroatoms. The second-order valence-corrected chi connectivity index (χ2v) is 8.89. The molecule has 1 atom stereocenters. The van der Waals surface area contributed by atoms with Gasteiger partial charge in [0.2, 0.25) is 21.9 Å². The van der Waals surface area contributed by atoms with Crippen LogP contribution in [0.15, 0.2) is 48.7 Å². The number of H-pyrrole nitrogens is 1. The lowest BCUT2D eigenvalue weighted by Crippen LogP contribution is -2.27. The summed E-state index contributed by atoms with van der Waals surface area (Å²) in [5.74, 6) is -1.21. The first-order chi connectivity index (χ1) is 15.2. The number of aromatic nitrogens is 4. The molecule has 168 valence electrons. The first-order valence-electron chi connectivity index (χ1n) is 9.60. The van der Waals surface area contributed by atoms with Gasteiger partial charge in [-0.3, -0.25) is 9.82 Å². The lowest BCUT2D eigenvalue weighted by molar-refractivity contribution is -0.198. The predicted molar refractivity (Wildman–Crippen MR) is 113 cm³/mol. The number of nitrogens with one attached hydrogen (secondary N) is 2. The summed E-state index contributed by atoms with van der Waals surface area (Å²) in [5, 5.41) is 6.94. The second-order valence-electron chi connectivity index (χ2n) is 7.04. The smallest absolute Gasteiger partial charge is 0.429 e. The number of anilines is 1. The molecule has 0 aliphatic rings. The molecule has 4 rings (SSSR count). The highest BCUT2D eigenvalue weighted by Gasteiger charge is 2.44. The van der Waals surface area contributed by atoms with E-state index in [4.69, 9.17) is 4.74 Å². The molecule has 2 aromatic heterocycles. The Kier molecular flexibility index (Phi) is 5.63. The topological polar surface area (TPSA) is 110 Å². The number of sulfonamides is 1. The van der Waals surface area contributed by atoms with Gasteiger partial charge < -0.3 is 4.74 Å². The van der Waals surface area contributed by atoms with E-state index in [0.717, 1.165) is 0 Å². The summed E-state index contributed by atoms with van der Waals surface area (Å²) in [6.07, 6.45) is -5.52. The van der Waals surface area contributed by atoms with Crippen LogP contribution >= 0.6 is 0 Å². The van der Waals surface area contributed by atoms with Gasteiger partial charge in [0.25, 0.3) is 5.88 Å². The molecule has 2 aromatic carbocycles. The number of benzene rings is 2. The molecule has 0 radical (unpaired) electrons. The number of hydrogen-bond acceptors (Lipinski definition) is 6. The number of fused-ring (bicyclic) bond motifs is 2. The summed E-state index contributed by atoms with van der Waals surface area (Å²) in [5.41, 5.74) is 0.932.